The first kappa shape index (κ1) is 22.2. The van der Waals surface area contributed by atoms with Crippen LogP contribution in [0.4, 0.5) is 0 Å². The van der Waals surface area contributed by atoms with Crippen LogP contribution in [0.25, 0.3) is 0 Å². The predicted molar refractivity (Wildman–Crippen MR) is 101 cm³/mol. The van der Waals surface area contributed by atoms with Crippen molar-refractivity contribution in [3.8, 4) is 0 Å². The Balaban J connectivity index is 2.77. The van der Waals surface area contributed by atoms with Crippen LogP contribution in [0, 0.1) is 23.7 Å². The molecule has 0 aromatic rings. The topological polar surface area (TPSA) is 77.8 Å². The SMILES string of the molecule is CCCCCC(C(=O)O)[C@H]1[C@@H](C=C[C@@H](O)CCCCC)[C@H](C)C[C@@H]1O. The van der Waals surface area contributed by atoms with Gasteiger partial charge in [0.25, 0.3) is 0 Å². The number of carboxylic acid groups (broad SMARTS) is 1. The van der Waals surface area contributed by atoms with Gasteiger partial charge in [0.05, 0.1) is 18.1 Å². The van der Waals surface area contributed by atoms with Gasteiger partial charge >= 0.3 is 5.97 Å². The third-order valence-corrected chi connectivity index (χ3v) is 5.72. The average Bonchev–Trinajstić information content (AvgIpc) is 2.83. The van der Waals surface area contributed by atoms with E-state index in [1.54, 1.807) is 0 Å². The van der Waals surface area contributed by atoms with Gasteiger partial charge < -0.3 is 15.3 Å². The Hall–Kier alpha value is -0.870. The summed E-state index contributed by atoms with van der Waals surface area (Å²) in [6, 6.07) is 0. The smallest absolute Gasteiger partial charge is 0.306 e. The lowest BCUT2D eigenvalue weighted by Crippen LogP contribution is -2.33. The van der Waals surface area contributed by atoms with E-state index in [1.165, 1.54) is 0 Å². The molecule has 1 unspecified atom stereocenters. The quantitative estimate of drug-likeness (QED) is 0.359. The van der Waals surface area contributed by atoms with E-state index >= 15 is 0 Å². The molecule has 0 radical (unpaired) electrons. The number of aliphatic carboxylic acids is 1. The first-order chi connectivity index (χ1) is 11.9. The fourth-order valence-corrected chi connectivity index (χ4v) is 4.24. The average molecular weight is 355 g/mol. The van der Waals surface area contributed by atoms with E-state index in [9.17, 15) is 20.1 Å². The summed E-state index contributed by atoms with van der Waals surface area (Å²) in [7, 11) is 0. The molecule has 0 bridgehead atoms. The Morgan fingerprint density at radius 2 is 1.72 bits per heavy atom. The lowest BCUT2D eigenvalue weighted by atomic mass is 9.77. The maximum atomic E-state index is 11.8. The molecule has 0 saturated heterocycles. The van der Waals surface area contributed by atoms with E-state index in [4.69, 9.17) is 0 Å². The van der Waals surface area contributed by atoms with Gasteiger partial charge in [0.1, 0.15) is 0 Å². The van der Waals surface area contributed by atoms with Crippen LogP contribution in [-0.2, 0) is 4.79 Å². The van der Waals surface area contributed by atoms with E-state index in [2.05, 4.69) is 20.8 Å². The molecular weight excluding hydrogens is 316 g/mol. The second-order valence-electron chi connectivity index (χ2n) is 7.82. The van der Waals surface area contributed by atoms with Crippen molar-refractivity contribution in [1.29, 1.82) is 0 Å². The van der Waals surface area contributed by atoms with E-state index in [0.717, 1.165) is 44.9 Å². The number of rotatable bonds is 12. The van der Waals surface area contributed by atoms with Crippen molar-refractivity contribution in [2.24, 2.45) is 23.7 Å². The first-order valence-corrected chi connectivity index (χ1v) is 10.2. The highest BCUT2D eigenvalue weighted by atomic mass is 16.4. The number of aliphatic hydroxyl groups excluding tert-OH is 2. The fraction of sp³-hybridized carbons (Fsp3) is 0.857. The summed E-state index contributed by atoms with van der Waals surface area (Å²) in [6.45, 7) is 6.32. The molecule has 3 N–H and O–H groups in total. The minimum absolute atomic E-state index is 0.0264. The predicted octanol–water partition coefficient (Wildman–Crippen LogP) is 4.40. The molecule has 146 valence electrons. The van der Waals surface area contributed by atoms with E-state index in [0.29, 0.717) is 12.8 Å². The number of unbranched alkanes of at least 4 members (excludes halogenated alkanes) is 4. The molecule has 0 aliphatic heterocycles. The van der Waals surface area contributed by atoms with E-state index in [-0.39, 0.29) is 17.8 Å². The van der Waals surface area contributed by atoms with Crippen LogP contribution >= 0.6 is 0 Å². The minimum Gasteiger partial charge on any atom is -0.481 e. The molecule has 1 fully saturated rings. The summed E-state index contributed by atoms with van der Waals surface area (Å²) < 4.78 is 0. The van der Waals surface area contributed by atoms with Crippen LogP contribution in [0.5, 0.6) is 0 Å². The third kappa shape index (κ3) is 7.10. The van der Waals surface area contributed by atoms with Crippen LogP contribution in [0.15, 0.2) is 12.2 Å². The Labute approximate surface area is 153 Å². The molecular formula is C21H38O4. The first-order valence-electron chi connectivity index (χ1n) is 10.2. The molecule has 25 heavy (non-hydrogen) atoms. The molecule has 1 aliphatic rings. The highest BCUT2D eigenvalue weighted by molar-refractivity contribution is 5.70. The van der Waals surface area contributed by atoms with Crippen LogP contribution < -0.4 is 0 Å². The zero-order valence-electron chi connectivity index (χ0n) is 16.2. The highest BCUT2D eigenvalue weighted by Gasteiger charge is 2.45. The van der Waals surface area contributed by atoms with Crippen molar-refractivity contribution in [2.75, 3.05) is 0 Å². The molecule has 0 aromatic carbocycles. The van der Waals surface area contributed by atoms with Gasteiger partial charge in [0.2, 0.25) is 0 Å². The summed E-state index contributed by atoms with van der Waals surface area (Å²) >= 11 is 0. The second-order valence-corrected chi connectivity index (χ2v) is 7.82. The maximum absolute atomic E-state index is 11.8. The molecule has 4 nitrogen and oxygen atoms in total. The molecule has 1 saturated carbocycles. The van der Waals surface area contributed by atoms with Crippen molar-refractivity contribution >= 4 is 5.97 Å². The van der Waals surface area contributed by atoms with Crippen LogP contribution in [0.2, 0.25) is 0 Å². The van der Waals surface area contributed by atoms with Crippen molar-refractivity contribution in [2.45, 2.75) is 90.8 Å². The summed E-state index contributed by atoms with van der Waals surface area (Å²) in [4.78, 5) is 11.8. The molecule has 6 atom stereocenters. The zero-order chi connectivity index (χ0) is 18.8. The van der Waals surface area contributed by atoms with Gasteiger partial charge in [-0.15, -0.1) is 0 Å². The fourth-order valence-electron chi connectivity index (χ4n) is 4.24. The van der Waals surface area contributed by atoms with Gasteiger partial charge in [-0.05, 0) is 31.1 Å². The number of hydrogen-bond acceptors (Lipinski definition) is 3. The Bertz CT molecular complexity index is 407. The standard InChI is InChI=1S/C21H38O4/c1-4-6-8-10-16(22)12-13-17-15(3)14-19(23)20(17)18(21(24)25)11-9-7-5-2/h12-13,15-20,22-23H,4-11,14H2,1-3H3,(H,24,25)/t15-,16+,17+,18?,19+,20-/m1/s1. The van der Waals surface area contributed by atoms with Crippen molar-refractivity contribution < 1.29 is 20.1 Å². The van der Waals surface area contributed by atoms with Crippen LogP contribution in [-0.4, -0.2) is 33.5 Å². The monoisotopic (exact) mass is 354 g/mol. The highest BCUT2D eigenvalue weighted by Crippen LogP contribution is 2.44. The number of aliphatic hydroxyl groups is 2. The Morgan fingerprint density at radius 3 is 2.28 bits per heavy atom. The maximum Gasteiger partial charge on any atom is 0.306 e. The van der Waals surface area contributed by atoms with Gasteiger partial charge in [0.15, 0.2) is 0 Å². The van der Waals surface area contributed by atoms with Crippen molar-refractivity contribution in [1.82, 2.24) is 0 Å². The molecule has 0 heterocycles. The van der Waals surface area contributed by atoms with Gasteiger partial charge in [-0.2, -0.15) is 0 Å². The number of hydrogen-bond donors (Lipinski definition) is 3. The number of allylic oxidation sites excluding steroid dienone is 1. The second kappa shape index (κ2) is 11.7. The van der Waals surface area contributed by atoms with Crippen LogP contribution in [0.1, 0.15) is 78.6 Å². The number of carboxylic acids is 1. The zero-order valence-corrected chi connectivity index (χ0v) is 16.2. The van der Waals surface area contributed by atoms with Crippen molar-refractivity contribution in [3.63, 3.8) is 0 Å². The normalized spacial score (nSPS) is 29.2. The summed E-state index contributed by atoms with van der Waals surface area (Å²) in [6.07, 6.45) is 11.0. The molecule has 0 amide bonds. The third-order valence-electron chi connectivity index (χ3n) is 5.72. The summed E-state index contributed by atoms with van der Waals surface area (Å²) in [5, 5.41) is 30.3. The summed E-state index contributed by atoms with van der Waals surface area (Å²) in [5.41, 5.74) is 0. The lowest BCUT2D eigenvalue weighted by molar-refractivity contribution is -0.146. The lowest BCUT2D eigenvalue weighted by Gasteiger charge is -2.28. The largest absolute Gasteiger partial charge is 0.481 e. The minimum atomic E-state index is -0.795. The summed E-state index contributed by atoms with van der Waals surface area (Å²) in [5.74, 6) is -1.27. The van der Waals surface area contributed by atoms with E-state index in [1.807, 2.05) is 12.2 Å². The van der Waals surface area contributed by atoms with Gasteiger partial charge in [0, 0.05) is 5.92 Å². The van der Waals surface area contributed by atoms with Gasteiger partial charge in [-0.3, -0.25) is 4.79 Å². The molecule has 1 rings (SSSR count). The molecule has 0 aromatic heterocycles. The number of carbonyl (C=O) groups is 1. The molecule has 1 aliphatic carbocycles. The van der Waals surface area contributed by atoms with Gasteiger partial charge in [-0.1, -0.05) is 71.4 Å². The van der Waals surface area contributed by atoms with Gasteiger partial charge in [-0.25, -0.2) is 0 Å². The van der Waals surface area contributed by atoms with E-state index < -0.39 is 24.1 Å². The van der Waals surface area contributed by atoms with Crippen LogP contribution in [0.3, 0.4) is 0 Å². The molecule has 0 spiro atoms. The Morgan fingerprint density at radius 1 is 1.12 bits per heavy atom. The van der Waals surface area contributed by atoms with Crippen molar-refractivity contribution in [3.05, 3.63) is 12.2 Å². The molecule has 4 heteroatoms. The Kier molecular flexibility index (Phi) is 10.4.